The first-order chi connectivity index (χ1) is 17.1. The normalized spacial score (nSPS) is 15.3. The van der Waals surface area contributed by atoms with Crippen LogP contribution in [0.5, 0.6) is 23.0 Å². The maximum Gasteiger partial charge on any atom is 0.229 e. The molecule has 10 heteroatoms. The molecule has 1 amide bonds. The Morgan fingerprint density at radius 3 is 2.46 bits per heavy atom. The average Bonchev–Trinajstić information content (AvgIpc) is 3.24. The average molecular weight is 475 g/mol. The summed E-state index contributed by atoms with van der Waals surface area (Å²) in [7, 11) is 3.07. The van der Waals surface area contributed by atoms with E-state index >= 15 is 4.39 Å². The van der Waals surface area contributed by atoms with Crippen LogP contribution in [0, 0.1) is 5.82 Å². The van der Waals surface area contributed by atoms with E-state index in [-0.39, 0.29) is 24.1 Å². The smallest absolute Gasteiger partial charge is 0.229 e. The van der Waals surface area contributed by atoms with Crippen molar-refractivity contribution in [3.63, 3.8) is 0 Å². The van der Waals surface area contributed by atoms with Crippen molar-refractivity contribution in [1.82, 2.24) is 15.0 Å². The molecule has 2 aromatic carbocycles. The van der Waals surface area contributed by atoms with Crippen molar-refractivity contribution in [2.45, 2.75) is 12.5 Å². The van der Waals surface area contributed by atoms with Crippen molar-refractivity contribution < 1.29 is 23.4 Å². The minimum absolute atomic E-state index is 0.0232. The summed E-state index contributed by atoms with van der Waals surface area (Å²) in [5.41, 5.74) is 1.06. The largest absolute Gasteiger partial charge is 0.493 e. The first kappa shape index (κ1) is 22.3. The molecule has 1 saturated heterocycles. The van der Waals surface area contributed by atoms with Gasteiger partial charge in [-0.2, -0.15) is 0 Å². The molecule has 0 aliphatic carbocycles. The molecule has 1 fully saturated rings. The minimum atomic E-state index is -0.594. The molecule has 2 aromatic heterocycles. The van der Waals surface area contributed by atoms with Crippen LogP contribution in [0.4, 0.5) is 16.0 Å². The van der Waals surface area contributed by atoms with Crippen LogP contribution in [-0.4, -0.2) is 47.7 Å². The second kappa shape index (κ2) is 9.41. The SMILES string of the molecule is COc1cc2nccc(Oc3ccc(N4CC(Nc5ncccn5)CC4=O)cc3F)c2cc1OC. The Morgan fingerprint density at radius 2 is 1.71 bits per heavy atom. The van der Waals surface area contributed by atoms with Gasteiger partial charge in [-0.05, 0) is 30.3 Å². The summed E-state index contributed by atoms with van der Waals surface area (Å²) in [4.78, 5) is 26.7. The fraction of sp³-hybridized carbons (Fsp3) is 0.200. The number of nitrogens with zero attached hydrogens (tertiary/aromatic N) is 4. The van der Waals surface area contributed by atoms with Crippen molar-refractivity contribution in [3.05, 3.63) is 66.9 Å². The Bertz CT molecular complexity index is 1390. The van der Waals surface area contributed by atoms with E-state index in [0.717, 1.165) is 0 Å². The Balaban J connectivity index is 1.36. The highest BCUT2D eigenvalue weighted by atomic mass is 19.1. The molecule has 35 heavy (non-hydrogen) atoms. The third-order valence-electron chi connectivity index (χ3n) is 5.68. The van der Waals surface area contributed by atoms with Gasteiger partial charge < -0.3 is 24.4 Å². The van der Waals surface area contributed by atoms with Crippen molar-refractivity contribution in [3.8, 4) is 23.0 Å². The molecule has 1 N–H and O–H groups in total. The van der Waals surface area contributed by atoms with E-state index in [0.29, 0.717) is 46.3 Å². The summed E-state index contributed by atoms with van der Waals surface area (Å²) in [5.74, 6) is 1.20. The summed E-state index contributed by atoms with van der Waals surface area (Å²) in [6.45, 7) is 0.368. The number of benzene rings is 2. The predicted molar refractivity (Wildman–Crippen MR) is 128 cm³/mol. The van der Waals surface area contributed by atoms with E-state index in [9.17, 15) is 4.79 Å². The monoisotopic (exact) mass is 475 g/mol. The number of fused-ring (bicyclic) bond motifs is 1. The van der Waals surface area contributed by atoms with Gasteiger partial charge in [-0.1, -0.05) is 0 Å². The standard InChI is InChI=1S/C25H22FN5O4/c1-33-22-12-17-19(13-23(22)34-2)27-9-6-20(17)35-21-5-4-16(11-18(21)26)31-14-15(10-24(31)32)30-25-28-7-3-8-29-25/h3-9,11-13,15H,10,14H2,1-2H3,(H,28,29,30). The third kappa shape index (κ3) is 4.50. The van der Waals surface area contributed by atoms with Crippen LogP contribution in [0.3, 0.4) is 0 Å². The highest BCUT2D eigenvalue weighted by molar-refractivity contribution is 5.96. The van der Waals surface area contributed by atoms with Gasteiger partial charge in [0.05, 0.1) is 25.8 Å². The van der Waals surface area contributed by atoms with Crippen LogP contribution in [0.15, 0.2) is 61.1 Å². The molecule has 1 atom stereocenters. The first-order valence-corrected chi connectivity index (χ1v) is 10.9. The molecule has 5 rings (SSSR count). The van der Waals surface area contributed by atoms with Crippen LogP contribution in [0.1, 0.15) is 6.42 Å². The van der Waals surface area contributed by atoms with Gasteiger partial charge in [0.1, 0.15) is 5.75 Å². The predicted octanol–water partition coefficient (Wildman–Crippen LogP) is 4.19. The molecule has 1 aliphatic heterocycles. The van der Waals surface area contributed by atoms with Gasteiger partial charge in [-0.3, -0.25) is 9.78 Å². The van der Waals surface area contributed by atoms with Crippen LogP contribution < -0.4 is 24.4 Å². The van der Waals surface area contributed by atoms with Gasteiger partial charge in [0.15, 0.2) is 23.1 Å². The molecule has 0 bridgehead atoms. The number of methoxy groups -OCH3 is 2. The maximum atomic E-state index is 15.1. The molecule has 0 spiro atoms. The number of pyridine rings is 1. The van der Waals surface area contributed by atoms with E-state index in [1.807, 2.05) is 0 Å². The summed E-state index contributed by atoms with van der Waals surface area (Å²) >= 11 is 0. The summed E-state index contributed by atoms with van der Waals surface area (Å²) < 4.78 is 31.7. The fourth-order valence-electron chi connectivity index (χ4n) is 4.01. The molecule has 9 nitrogen and oxygen atoms in total. The number of carbonyl (C=O) groups is 1. The van der Waals surface area contributed by atoms with Crippen LogP contribution in [0.25, 0.3) is 10.9 Å². The Morgan fingerprint density at radius 1 is 0.943 bits per heavy atom. The highest BCUT2D eigenvalue weighted by Gasteiger charge is 2.31. The lowest BCUT2D eigenvalue weighted by molar-refractivity contribution is -0.117. The Kier molecular flexibility index (Phi) is 6.01. The summed E-state index contributed by atoms with van der Waals surface area (Å²) in [6, 6.07) is 11.1. The molecule has 0 radical (unpaired) electrons. The van der Waals surface area contributed by atoms with Crippen molar-refractivity contribution in [2.24, 2.45) is 0 Å². The topological polar surface area (TPSA) is 98.7 Å². The first-order valence-electron chi connectivity index (χ1n) is 10.9. The van der Waals surface area contributed by atoms with Crippen molar-refractivity contribution in [2.75, 3.05) is 31.0 Å². The zero-order valence-corrected chi connectivity index (χ0v) is 19.1. The van der Waals surface area contributed by atoms with Crippen LogP contribution >= 0.6 is 0 Å². The summed E-state index contributed by atoms with van der Waals surface area (Å²) in [6.07, 6.45) is 5.07. The third-order valence-corrected chi connectivity index (χ3v) is 5.68. The number of halogens is 1. The molecular formula is C25H22FN5O4. The van der Waals surface area contributed by atoms with Crippen LogP contribution in [0.2, 0.25) is 0 Å². The number of amides is 1. The van der Waals surface area contributed by atoms with E-state index in [1.165, 1.54) is 24.1 Å². The van der Waals surface area contributed by atoms with E-state index in [1.54, 1.807) is 56.0 Å². The Hall–Kier alpha value is -4.47. The van der Waals surface area contributed by atoms with Crippen molar-refractivity contribution in [1.29, 1.82) is 0 Å². The molecule has 4 aromatic rings. The number of anilines is 2. The lowest BCUT2D eigenvalue weighted by Gasteiger charge is -2.18. The second-order valence-electron chi connectivity index (χ2n) is 7.87. The number of ether oxygens (including phenoxy) is 3. The second-order valence-corrected chi connectivity index (χ2v) is 7.87. The number of aromatic nitrogens is 3. The van der Waals surface area contributed by atoms with E-state index in [2.05, 4.69) is 20.3 Å². The highest BCUT2D eigenvalue weighted by Crippen LogP contribution is 2.38. The summed E-state index contributed by atoms with van der Waals surface area (Å²) in [5, 5.41) is 3.78. The quantitative estimate of drug-likeness (QED) is 0.425. The molecule has 178 valence electrons. The number of hydrogen-bond acceptors (Lipinski definition) is 8. The van der Waals surface area contributed by atoms with Gasteiger partial charge in [0.2, 0.25) is 11.9 Å². The van der Waals surface area contributed by atoms with Gasteiger partial charge in [-0.25, -0.2) is 14.4 Å². The van der Waals surface area contributed by atoms with E-state index in [4.69, 9.17) is 14.2 Å². The van der Waals surface area contributed by atoms with E-state index < -0.39 is 5.82 Å². The zero-order valence-electron chi connectivity index (χ0n) is 19.1. The minimum Gasteiger partial charge on any atom is -0.493 e. The molecule has 0 saturated carbocycles. The lowest BCUT2D eigenvalue weighted by Crippen LogP contribution is -2.28. The Labute approximate surface area is 200 Å². The maximum absolute atomic E-state index is 15.1. The number of carbonyl (C=O) groups excluding carboxylic acids is 1. The molecule has 1 aliphatic rings. The zero-order chi connectivity index (χ0) is 24.4. The van der Waals surface area contributed by atoms with Gasteiger partial charge in [0, 0.05) is 54.8 Å². The van der Waals surface area contributed by atoms with Gasteiger partial charge in [0.25, 0.3) is 0 Å². The van der Waals surface area contributed by atoms with Gasteiger partial charge >= 0.3 is 0 Å². The van der Waals surface area contributed by atoms with Crippen molar-refractivity contribution >= 4 is 28.4 Å². The number of rotatable bonds is 7. The lowest BCUT2D eigenvalue weighted by atomic mass is 10.1. The van der Waals surface area contributed by atoms with Gasteiger partial charge in [-0.15, -0.1) is 0 Å². The number of hydrogen-bond donors (Lipinski definition) is 1. The molecule has 3 heterocycles. The number of nitrogens with one attached hydrogen (secondary N) is 1. The fourth-order valence-corrected chi connectivity index (χ4v) is 4.01. The molecular weight excluding hydrogens is 453 g/mol. The van der Waals surface area contributed by atoms with Crippen LogP contribution in [-0.2, 0) is 4.79 Å². The molecule has 1 unspecified atom stereocenters.